The average molecular weight is 901 g/mol. The predicted octanol–water partition coefficient (Wildman–Crippen LogP) is 17.5. The smallest absolute Gasteiger partial charge is 0.306 e. The van der Waals surface area contributed by atoms with Gasteiger partial charge in [-0.2, -0.15) is 0 Å². The Morgan fingerprint density at radius 3 is 1.15 bits per heavy atom. The Morgan fingerprint density at radius 2 is 0.708 bits per heavy atom. The van der Waals surface area contributed by atoms with Crippen LogP contribution in [-0.2, 0) is 28.6 Å². The van der Waals surface area contributed by atoms with E-state index >= 15 is 0 Å². The zero-order valence-corrected chi connectivity index (χ0v) is 42.0. The number of unbranched alkanes of at least 4 members (excludes halogenated alkanes) is 20. The third kappa shape index (κ3) is 50.9. The van der Waals surface area contributed by atoms with Crippen molar-refractivity contribution in [2.24, 2.45) is 0 Å². The van der Waals surface area contributed by atoms with Crippen LogP contribution in [0, 0.1) is 0 Å². The first-order chi connectivity index (χ1) is 32.0. The lowest BCUT2D eigenvalue weighted by molar-refractivity contribution is -0.166. The lowest BCUT2D eigenvalue weighted by Gasteiger charge is -2.18. The molecule has 0 N–H and O–H groups in total. The van der Waals surface area contributed by atoms with Crippen LogP contribution in [0.1, 0.15) is 226 Å². The molecule has 0 rings (SSSR count). The molecule has 0 aliphatic carbocycles. The van der Waals surface area contributed by atoms with Crippen LogP contribution in [0.3, 0.4) is 0 Å². The van der Waals surface area contributed by atoms with Crippen LogP contribution >= 0.6 is 0 Å². The van der Waals surface area contributed by atoms with Gasteiger partial charge in [0.25, 0.3) is 0 Å². The molecule has 0 aromatic rings. The minimum atomic E-state index is -0.834. The number of carbonyl (C=O) groups is 3. The van der Waals surface area contributed by atoms with E-state index in [9.17, 15) is 14.4 Å². The van der Waals surface area contributed by atoms with Crippen molar-refractivity contribution in [3.63, 3.8) is 0 Å². The molecule has 1 atom stereocenters. The second kappa shape index (κ2) is 52.7. The van der Waals surface area contributed by atoms with Crippen LogP contribution in [0.2, 0.25) is 0 Å². The Hall–Kier alpha value is -3.93. The average Bonchev–Trinajstić information content (AvgIpc) is 3.30. The summed E-state index contributed by atoms with van der Waals surface area (Å²) in [6.07, 6.45) is 70.9. The van der Waals surface area contributed by atoms with Gasteiger partial charge < -0.3 is 14.2 Å². The summed E-state index contributed by atoms with van der Waals surface area (Å²) in [4.78, 5) is 38.0. The zero-order chi connectivity index (χ0) is 47.2. The summed E-state index contributed by atoms with van der Waals surface area (Å²) in [5.41, 5.74) is 0. The highest BCUT2D eigenvalue weighted by Crippen LogP contribution is 2.15. The Labute approximate surface area is 400 Å². The van der Waals surface area contributed by atoms with Gasteiger partial charge in [-0.25, -0.2) is 0 Å². The van der Waals surface area contributed by atoms with E-state index in [1.165, 1.54) is 96.3 Å². The molecule has 0 saturated carbocycles. The van der Waals surface area contributed by atoms with Gasteiger partial charge in [0.05, 0.1) is 0 Å². The van der Waals surface area contributed by atoms with Crippen molar-refractivity contribution < 1.29 is 28.6 Å². The summed E-state index contributed by atoms with van der Waals surface area (Å²) in [5, 5.41) is 0. The van der Waals surface area contributed by atoms with E-state index in [2.05, 4.69) is 81.5 Å². The molecule has 0 heterocycles. The molecular formula is C59H96O6. The van der Waals surface area contributed by atoms with Crippen LogP contribution < -0.4 is 0 Å². The van der Waals surface area contributed by atoms with E-state index in [-0.39, 0.29) is 31.6 Å². The molecule has 1 unspecified atom stereocenters. The van der Waals surface area contributed by atoms with Gasteiger partial charge in [0.2, 0.25) is 0 Å². The first-order valence-corrected chi connectivity index (χ1v) is 26.4. The third-order valence-electron chi connectivity index (χ3n) is 10.9. The fraction of sp³-hybridized carbons (Fsp3) is 0.644. The summed E-state index contributed by atoms with van der Waals surface area (Å²) < 4.78 is 16.7. The van der Waals surface area contributed by atoms with E-state index in [1.54, 1.807) is 0 Å². The number of esters is 3. The van der Waals surface area contributed by atoms with Gasteiger partial charge in [0.1, 0.15) is 13.2 Å². The molecular weight excluding hydrogens is 805 g/mol. The molecule has 0 aliphatic rings. The molecule has 0 aliphatic heterocycles. The molecule has 0 aromatic heterocycles. The molecule has 65 heavy (non-hydrogen) atoms. The van der Waals surface area contributed by atoms with E-state index < -0.39 is 12.1 Å². The molecule has 6 heteroatoms. The molecule has 6 nitrogen and oxygen atoms in total. The van der Waals surface area contributed by atoms with Crippen LogP contribution in [0.5, 0.6) is 0 Å². The van der Waals surface area contributed by atoms with Crippen molar-refractivity contribution in [3.8, 4) is 0 Å². The molecule has 0 saturated heterocycles. The minimum Gasteiger partial charge on any atom is -0.462 e. The normalized spacial score (nSPS) is 13.0. The molecule has 0 aromatic carbocycles. The molecule has 0 amide bonds. The number of hydrogen-bond acceptors (Lipinski definition) is 6. The van der Waals surface area contributed by atoms with Gasteiger partial charge in [-0.05, 0) is 70.6 Å². The summed E-state index contributed by atoms with van der Waals surface area (Å²) in [5.74, 6) is -1.05. The van der Waals surface area contributed by atoms with Crippen LogP contribution in [0.15, 0.2) is 109 Å². The van der Waals surface area contributed by atoms with Crippen molar-refractivity contribution in [3.05, 3.63) is 109 Å². The standard InChI is InChI=1S/C59H96O6/c1-4-7-10-13-16-19-22-25-27-29-30-32-34-37-40-43-46-49-52-58(61)64-55-56(54-63-57(60)51-48-45-42-39-36-33-24-21-18-15-12-9-6-3)65-59(62)53-50-47-44-41-38-35-31-28-26-23-20-17-14-11-8-5-2/h8-9,11-12,15,17-18,20-21,24,26,28,33,35-36,38,44,47,56H,4-7,10,13-14,16,19,22-23,25,27,29-32,34,37,39-43,45-46,48-55H2,1-3H3/b11-8-,12-9-,18-15-,20-17-,24-21-,28-26-,36-33-,38-35-,47-44-. The predicted molar refractivity (Wildman–Crippen MR) is 279 cm³/mol. The fourth-order valence-electron chi connectivity index (χ4n) is 6.97. The van der Waals surface area contributed by atoms with Gasteiger partial charge >= 0.3 is 17.9 Å². The van der Waals surface area contributed by atoms with Crippen molar-refractivity contribution >= 4 is 17.9 Å². The largest absolute Gasteiger partial charge is 0.462 e. The fourth-order valence-corrected chi connectivity index (χ4v) is 6.97. The summed E-state index contributed by atoms with van der Waals surface area (Å²) in [6, 6.07) is 0. The van der Waals surface area contributed by atoms with Crippen molar-refractivity contribution in [2.45, 2.75) is 232 Å². The van der Waals surface area contributed by atoms with Crippen LogP contribution in [0.4, 0.5) is 0 Å². The summed E-state index contributed by atoms with van der Waals surface area (Å²) >= 11 is 0. The van der Waals surface area contributed by atoms with Crippen molar-refractivity contribution in [2.75, 3.05) is 13.2 Å². The van der Waals surface area contributed by atoms with E-state index in [0.29, 0.717) is 19.3 Å². The number of carbonyl (C=O) groups excluding carboxylic acids is 3. The highest BCUT2D eigenvalue weighted by atomic mass is 16.6. The van der Waals surface area contributed by atoms with Gasteiger partial charge in [0.15, 0.2) is 6.10 Å². The first-order valence-electron chi connectivity index (χ1n) is 26.4. The maximum absolute atomic E-state index is 12.8. The minimum absolute atomic E-state index is 0.120. The molecule has 0 spiro atoms. The lowest BCUT2D eigenvalue weighted by Crippen LogP contribution is -2.30. The maximum Gasteiger partial charge on any atom is 0.306 e. The Balaban J connectivity index is 4.51. The highest BCUT2D eigenvalue weighted by Gasteiger charge is 2.19. The number of hydrogen-bond donors (Lipinski definition) is 0. The highest BCUT2D eigenvalue weighted by molar-refractivity contribution is 5.71. The number of ether oxygens (including phenoxy) is 3. The topological polar surface area (TPSA) is 78.9 Å². The van der Waals surface area contributed by atoms with Gasteiger partial charge in [-0.1, -0.05) is 246 Å². The van der Waals surface area contributed by atoms with Crippen molar-refractivity contribution in [1.82, 2.24) is 0 Å². The number of rotatable bonds is 46. The van der Waals surface area contributed by atoms with Crippen LogP contribution in [-0.4, -0.2) is 37.2 Å². The van der Waals surface area contributed by atoms with Crippen molar-refractivity contribution in [1.29, 1.82) is 0 Å². The third-order valence-corrected chi connectivity index (χ3v) is 10.9. The quantitative estimate of drug-likeness (QED) is 0.0199. The second-order valence-corrected chi connectivity index (χ2v) is 17.1. The number of allylic oxidation sites excluding steroid dienone is 18. The summed E-state index contributed by atoms with van der Waals surface area (Å²) in [7, 11) is 0. The SMILES string of the molecule is CC\C=C/C=C\C=C/C=C\CCCCCC(=O)OCC(COC(=O)CCCCCCCCCCCCCCCCCCCC)OC(=O)CC/C=C\C/C=C\C/C=C\C/C=C\C/C=C\CC. The summed E-state index contributed by atoms with van der Waals surface area (Å²) in [6.45, 7) is 6.29. The lowest BCUT2D eigenvalue weighted by atomic mass is 10.0. The first kappa shape index (κ1) is 61.1. The Morgan fingerprint density at radius 1 is 0.338 bits per heavy atom. The molecule has 0 bridgehead atoms. The van der Waals surface area contributed by atoms with Gasteiger partial charge in [-0.15, -0.1) is 0 Å². The Kier molecular flexibility index (Phi) is 49.5. The second-order valence-electron chi connectivity index (χ2n) is 17.1. The van der Waals surface area contributed by atoms with Crippen LogP contribution in [0.25, 0.3) is 0 Å². The molecule has 0 fully saturated rings. The maximum atomic E-state index is 12.8. The monoisotopic (exact) mass is 901 g/mol. The Bertz CT molecular complexity index is 1360. The zero-order valence-electron chi connectivity index (χ0n) is 42.0. The van der Waals surface area contributed by atoms with Gasteiger partial charge in [0, 0.05) is 19.3 Å². The molecule has 0 radical (unpaired) electrons. The molecule has 368 valence electrons. The van der Waals surface area contributed by atoms with E-state index in [0.717, 1.165) is 83.5 Å². The van der Waals surface area contributed by atoms with Gasteiger partial charge in [-0.3, -0.25) is 14.4 Å². The van der Waals surface area contributed by atoms with E-state index in [4.69, 9.17) is 14.2 Å². The van der Waals surface area contributed by atoms with E-state index in [1.807, 2.05) is 48.6 Å².